The zero-order chi connectivity index (χ0) is 16.1. The number of amides is 3. The molecule has 0 spiro atoms. The molecule has 2 fully saturated rings. The van der Waals surface area contributed by atoms with Crippen molar-refractivity contribution in [2.75, 3.05) is 26.2 Å². The van der Waals surface area contributed by atoms with Gasteiger partial charge in [-0.2, -0.15) is 11.3 Å². The summed E-state index contributed by atoms with van der Waals surface area (Å²) in [6.07, 6.45) is 6.76. The number of urea groups is 1. The number of carbonyl (C=O) groups excluding carboxylic acids is 2. The fourth-order valence-corrected chi connectivity index (χ4v) is 4.03. The molecule has 2 aliphatic rings. The van der Waals surface area contributed by atoms with Crippen LogP contribution in [0.2, 0.25) is 0 Å². The summed E-state index contributed by atoms with van der Waals surface area (Å²) < 4.78 is 0. The lowest BCUT2D eigenvalue weighted by molar-refractivity contribution is 0.0762. The molecule has 0 bridgehead atoms. The molecule has 5 nitrogen and oxygen atoms in total. The molecular formula is C17H25N3O2S. The van der Waals surface area contributed by atoms with Gasteiger partial charge in [-0.25, -0.2) is 4.79 Å². The first-order valence-corrected chi connectivity index (χ1v) is 9.55. The summed E-state index contributed by atoms with van der Waals surface area (Å²) >= 11 is 1.54. The van der Waals surface area contributed by atoms with Crippen LogP contribution in [0.4, 0.5) is 4.79 Å². The van der Waals surface area contributed by atoms with Gasteiger partial charge >= 0.3 is 6.03 Å². The third-order valence-corrected chi connectivity index (χ3v) is 5.45. The van der Waals surface area contributed by atoms with Gasteiger partial charge in [0.25, 0.3) is 5.91 Å². The monoisotopic (exact) mass is 335 g/mol. The Hall–Kier alpha value is -1.56. The summed E-state index contributed by atoms with van der Waals surface area (Å²) in [5.41, 5.74) is 0.759. The van der Waals surface area contributed by atoms with Gasteiger partial charge in [0, 0.05) is 37.6 Å². The van der Waals surface area contributed by atoms with Gasteiger partial charge in [-0.15, -0.1) is 0 Å². The fraction of sp³-hybridized carbons (Fsp3) is 0.647. The van der Waals surface area contributed by atoms with Gasteiger partial charge in [-0.05, 0) is 30.7 Å². The maximum Gasteiger partial charge on any atom is 0.317 e. The van der Waals surface area contributed by atoms with Crippen molar-refractivity contribution in [3.63, 3.8) is 0 Å². The lowest BCUT2D eigenvalue weighted by Gasteiger charge is -2.27. The molecule has 1 aromatic rings. The van der Waals surface area contributed by atoms with Gasteiger partial charge < -0.3 is 15.1 Å². The fourth-order valence-electron chi connectivity index (χ4n) is 3.41. The number of nitrogens with zero attached hydrogens (tertiary/aromatic N) is 2. The summed E-state index contributed by atoms with van der Waals surface area (Å²) in [6, 6.07) is 2.25. The normalized spacial score (nSPS) is 20.2. The molecule has 2 heterocycles. The summed E-state index contributed by atoms with van der Waals surface area (Å²) in [4.78, 5) is 28.6. The van der Waals surface area contributed by atoms with Crippen LogP contribution in [-0.2, 0) is 0 Å². The van der Waals surface area contributed by atoms with Gasteiger partial charge in [0.15, 0.2) is 0 Å². The second-order valence-corrected chi connectivity index (χ2v) is 7.21. The highest BCUT2D eigenvalue weighted by atomic mass is 32.1. The summed E-state index contributed by atoms with van der Waals surface area (Å²) in [5, 5.41) is 6.99. The molecule has 0 unspecified atom stereocenters. The lowest BCUT2D eigenvalue weighted by atomic mass is 9.96. The highest BCUT2D eigenvalue weighted by Crippen LogP contribution is 2.18. The number of hydrogen-bond donors (Lipinski definition) is 1. The highest BCUT2D eigenvalue weighted by molar-refractivity contribution is 7.08. The van der Waals surface area contributed by atoms with E-state index in [2.05, 4.69) is 5.32 Å². The van der Waals surface area contributed by atoms with Crippen LogP contribution in [0.1, 0.15) is 48.9 Å². The molecule has 6 heteroatoms. The maximum atomic E-state index is 12.4. The first-order valence-electron chi connectivity index (χ1n) is 8.61. The Morgan fingerprint density at radius 3 is 2.48 bits per heavy atom. The minimum absolute atomic E-state index is 0.0433. The molecule has 126 valence electrons. The van der Waals surface area contributed by atoms with E-state index >= 15 is 0 Å². The Balaban J connectivity index is 1.51. The predicted octanol–water partition coefficient (Wildman–Crippen LogP) is 2.94. The van der Waals surface area contributed by atoms with Gasteiger partial charge in [-0.1, -0.05) is 19.3 Å². The van der Waals surface area contributed by atoms with Crippen molar-refractivity contribution < 1.29 is 9.59 Å². The number of carbonyl (C=O) groups is 2. The van der Waals surface area contributed by atoms with Crippen molar-refractivity contribution in [2.45, 2.75) is 44.6 Å². The lowest BCUT2D eigenvalue weighted by Crippen LogP contribution is -2.46. The molecule has 1 saturated carbocycles. The van der Waals surface area contributed by atoms with Crippen molar-refractivity contribution >= 4 is 23.3 Å². The minimum Gasteiger partial charge on any atom is -0.337 e. The van der Waals surface area contributed by atoms with Gasteiger partial charge in [0.2, 0.25) is 0 Å². The van der Waals surface area contributed by atoms with Crippen LogP contribution in [0.3, 0.4) is 0 Å². The van der Waals surface area contributed by atoms with Crippen LogP contribution in [0.25, 0.3) is 0 Å². The van der Waals surface area contributed by atoms with Crippen molar-refractivity contribution in [3.05, 3.63) is 22.4 Å². The largest absolute Gasteiger partial charge is 0.337 e. The molecule has 1 aliphatic carbocycles. The SMILES string of the molecule is O=C(NC1CCCCC1)N1CCCN(C(=O)c2ccsc2)CC1. The molecule has 0 atom stereocenters. The second-order valence-electron chi connectivity index (χ2n) is 6.43. The third kappa shape index (κ3) is 4.25. The zero-order valence-electron chi connectivity index (χ0n) is 13.5. The van der Waals surface area contributed by atoms with E-state index in [-0.39, 0.29) is 11.9 Å². The van der Waals surface area contributed by atoms with Crippen molar-refractivity contribution in [2.24, 2.45) is 0 Å². The quantitative estimate of drug-likeness (QED) is 0.903. The maximum absolute atomic E-state index is 12.4. The smallest absolute Gasteiger partial charge is 0.317 e. The number of hydrogen-bond acceptors (Lipinski definition) is 3. The Morgan fingerprint density at radius 1 is 1.00 bits per heavy atom. The van der Waals surface area contributed by atoms with E-state index in [0.29, 0.717) is 19.1 Å². The number of nitrogens with one attached hydrogen (secondary N) is 1. The van der Waals surface area contributed by atoms with Gasteiger partial charge in [0.05, 0.1) is 5.56 Å². The van der Waals surface area contributed by atoms with Gasteiger partial charge in [-0.3, -0.25) is 4.79 Å². The third-order valence-electron chi connectivity index (χ3n) is 4.77. The Kier molecular flexibility index (Phi) is 5.54. The molecule has 1 saturated heterocycles. The Morgan fingerprint density at radius 2 is 1.74 bits per heavy atom. The van der Waals surface area contributed by atoms with Crippen LogP contribution in [0.15, 0.2) is 16.8 Å². The van der Waals surface area contributed by atoms with Gasteiger partial charge in [0.1, 0.15) is 0 Å². The van der Waals surface area contributed by atoms with E-state index in [4.69, 9.17) is 0 Å². The van der Waals surface area contributed by atoms with Crippen molar-refractivity contribution in [3.8, 4) is 0 Å². The van der Waals surface area contributed by atoms with Crippen LogP contribution >= 0.6 is 11.3 Å². The molecule has 1 aliphatic heterocycles. The molecule has 1 aromatic heterocycles. The number of rotatable bonds is 2. The van der Waals surface area contributed by atoms with E-state index in [9.17, 15) is 9.59 Å². The summed E-state index contributed by atoms with van der Waals surface area (Å²) in [6.45, 7) is 2.69. The second kappa shape index (κ2) is 7.81. The van der Waals surface area contributed by atoms with Crippen LogP contribution < -0.4 is 5.32 Å². The molecule has 0 aromatic carbocycles. The molecule has 0 radical (unpaired) electrons. The van der Waals surface area contributed by atoms with Crippen LogP contribution in [0, 0.1) is 0 Å². The molecule has 3 amide bonds. The van der Waals surface area contributed by atoms with E-state index in [0.717, 1.165) is 37.9 Å². The summed E-state index contributed by atoms with van der Waals surface area (Å²) in [5.74, 6) is 0.0841. The van der Waals surface area contributed by atoms with Crippen molar-refractivity contribution in [1.29, 1.82) is 0 Å². The zero-order valence-corrected chi connectivity index (χ0v) is 14.3. The van der Waals surface area contributed by atoms with Crippen molar-refractivity contribution in [1.82, 2.24) is 15.1 Å². The number of thiophene rings is 1. The van der Waals surface area contributed by atoms with Crippen LogP contribution in [-0.4, -0.2) is 54.0 Å². The molecular weight excluding hydrogens is 310 g/mol. The standard InChI is InChI=1S/C17H25N3O2S/c21-16(14-7-12-23-13-14)19-8-4-9-20(11-10-19)17(22)18-15-5-2-1-3-6-15/h7,12-13,15H,1-6,8-11H2,(H,18,22). The molecule has 23 heavy (non-hydrogen) atoms. The van der Waals surface area contributed by atoms with E-state index in [1.807, 2.05) is 26.6 Å². The van der Waals surface area contributed by atoms with E-state index < -0.39 is 0 Å². The summed E-state index contributed by atoms with van der Waals surface area (Å²) in [7, 11) is 0. The van der Waals surface area contributed by atoms with E-state index in [1.54, 1.807) is 0 Å². The molecule has 3 rings (SSSR count). The topological polar surface area (TPSA) is 52.7 Å². The average molecular weight is 335 g/mol. The Bertz CT molecular complexity index is 526. The first kappa shape index (κ1) is 16.3. The first-order chi connectivity index (χ1) is 11.2. The van der Waals surface area contributed by atoms with E-state index in [1.165, 1.54) is 30.6 Å². The molecule has 1 N–H and O–H groups in total. The van der Waals surface area contributed by atoms with Crippen LogP contribution in [0.5, 0.6) is 0 Å². The average Bonchev–Trinajstić information content (AvgIpc) is 2.99. The minimum atomic E-state index is 0.0433. The predicted molar refractivity (Wildman–Crippen MR) is 91.8 cm³/mol. The Labute approximate surface area is 141 Å². The highest BCUT2D eigenvalue weighted by Gasteiger charge is 2.24.